The Kier molecular flexibility index (Phi) is 3.25. The molecule has 0 atom stereocenters. The fourth-order valence-corrected chi connectivity index (χ4v) is 1.25. The summed E-state index contributed by atoms with van der Waals surface area (Å²) in [4.78, 5) is 14.1. The lowest BCUT2D eigenvalue weighted by Gasteiger charge is -2.04. The quantitative estimate of drug-likeness (QED) is 0.880. The van der Waals surface area contributed by atoms with Crippen molar-refractivity contribution in [2.75, 3.05) is 6.61 Å². The van der Waals surface area contributed by atoms with Crippen molar-refractivity contribution < 1.29 is 14.6 Å². The maximum atomic E-state index is 10.2. The molecule has 0 spiro atoms. The Labute approximate surface area is 83.7 Å². The number of pyridine rings is 1. The third kappa shape index (κ3) is 3.02. The predicted octanol–water partition coefficient (Wildman–Crippen LogP) is 1.62. The van der Waals surface area contributed by atoms with Crippen LogP contribution in [0.3, 0.4) is 0 Å². The smallest absolute Gasteiger partial charge is 0.341 e. The molecule has 1 N–H and O–H groups in total. The first-order valence-corrected chi connectivity index (χ1v) is 4.35. The highest BCUT2D eigenvalue weighted by Crippen LogP contribution is 2.18. The number of carboxylic acids is 1. The Hall–Kier alpha value is -1.10. The van der Waals surface area contributed by atoms with Gasteiger partial charge in [0.05, 0.1) is 0 Å². The minimum absolute atomic E-state index is 0.352. The van der Waals surface area contributed by atoms with Crippen molar-refractivity contribution in [2.24, 2.45) is 0 Å². The average molecular weight is 246 g/mol. The van der Waals surface area contributed by atoms with Crippen LogP contribution in [0.1, 0.15) is 5.56 Å². The summed E-state index contributed by atoms with van der Waals surface area (Å²) in [7, 11) is 0. The van der Waals surface area contributed by atoms with Gasteiger partial charge in [-0.2, -0.15) is 0 Å². The zero-order valence-electron chi connectivity index (χ0n) is 6.95. The van der Waals surface area contributed by atoms with E-state index in [1.165, 1.54) is 0 Å². The summed E-state index contributed by atoms with van der Waals surface area (Å²) in [6, 6.07) is 1.81. The first-order chi connectivity index (χ1) is 6.09. The van der Waals surface area contributed by atoms with E-state index in [1.54, 1.807) is 13.1 Å². The molecule has 0 saturated heterocycles. The first kappa shape index (κ1) is 9.98. The van der Waals surface area contributed by atoms with Crippen LogP contribution in [0.15, 0.2) is 16.7 Å². The number of halogens is 1. The Bertz CT molecular complexity index is 327. The highest BCUT2D eigenvalue weighted by Gasteiger charge is 2.03. The number of nitrogens with zero attached hydrogens (tertiary/aromatic N) is 1. The van der Waals surface area contributed by atoms with Gasteiger partial charge in [-0.15, -0.1) is 0 Å². The summed E-state index contributed by atoms with van der Waals surface area (Å²) >= 11 is 3.24. The summed E-state index contributed by atoms with van der Waals surface area (Å²) in [6.45, 7) is 1.43. The van der Waals surface area contributed by atoms with Crippen LogP contribution < -0.4 is 4.74 Å². The number of aliphatic carboxylic acids is 1. The second-order valence-corrected chi connectivity index (χ2v) is 3.37. The monoisotopic (exact) mass is 245 g/mol. The fraction of sp³-hybridized carbons (Fsp3) is 0.250. The molecule has 5 heteroatoms. The molecule has 0 aliphatic rings. The van der Waals surface area contributed by atoms with Gasteiger partial charge < -0.3 is 9.84 Å². The zero-order chi connectivity index (χ0) is 9.84. The molecule has 1 heterocycles. The van der Waals surface area contributed by atoms with E-state index in [0.29, 0.717) is 5.88 Å². The lowest BCUT2D eigenvalue weighted by atomic mass is 10.3. The molecule has 1 aromatic heterocycles. The van der Waals surface area contributed by atoms with Crippen molar-refractivity contribution in [3.05, 3.63) is 22.3 Å². The molecule has 0 saturated carbocycles. The fourth-order valence-electron chi connectivity index (χ4n) is 0.809. The first-order valence-electron chi connectivity index (χ1n) is 3.56. The Morgan fingerprint density at radius 3 is 3.00 bits per heavy atom. The van der Waals surface area contributed by atoms with Crippen LogP contribution in [0.25, 0.3) is 0 Å². The van der Waals surface area contributed by atoms with E-state index < -0.39 is 5.97 Å². The molecule has 1 aromatic rings. The third-order valence-corrected chi connectivity index (χ3v) is 1.76. The molecule has 13 heavy (non-hydrogen) atoms. The van der Waals surface area contributed by atoms with Crippen LogP contribution in [-0.4, -0.2) is 22.7 Å². The van der Waals surface area contributed by atoms with Gasteiger partial charge in [0.25, 0.3) is 0 Å². The average Bonchev–Trinajstić information content (AvgIpc) is 2.02. The Morgan fingerprint density at radius 1 is 1.77 bits per heavy atom. The topological polar surface area (TPSA) is 59.4 Å². The summed E-state index contributed by atoms with van der Waals surface area (Å²) in [5.41, 5.74) is 0.802. The molecule has 70 valence electrons. The van der Waals surface area contributed by atoms with Gasteiger partial charge in [-0.1, -0.05) is 0 Å². The molecule has 0 radical (unpaired) electrons. The molecule has 1 rings (SSSR count). The van der Waals surface area contributed by atoms with Crippen molar-refractivity contribution in [3.8, 4) is 5.88 Å². The van der Waals surface area contributed by atoms with Gasteiger partial charge in [0.1, 0.15) is 0 Å². The second-order valence-electron chi connectivity index (χ2n) is 2.46. The summed E-state index contributed by atoms with van der Waals surface area (Å²) < 4.78 is 5.76. The predicted molar refractivity (Wildman–Crippen MR) is 49.8 cm³/mol. The van der Waals surface area contributed by atoms with E-state index in [2.05, 4.69) is 20.9 Å². The van der Waals surface area contributed by atoms with Crippen molar-refractivity contribution in [3.63, 3.8) is 0 Å². The molecular formula is C8H8BrNO3. The van der Waals surface area contributed by atoms with Crippen LogP contribution in [0, 0.1) is 6.92 Å². The highest BCUT2D eigenvalue weighted by molar-refractivity contribution is 9.10. The van der Waals surface area contributed by atoms with Gasteiger partial charge in [-0.3, -0.25) is 0 Å². The maximum absolute atomic E-state index is 10.2. The minimum atomic E-state index is -1.01. The standard InChI is InChI=1S/C8H8BrNO3/c1-5-2-6(9)3-10-8(5)13-4-7(11)12/h2-3H,4H2,1H3,(H,11,12). The van der Waals surface area contributed by atoms with E-state index in [0.717, 1.165) is 10.0 Å². The number of aromatic nitrogens is 1. The molecule has 0 bridgehead atoms. The number of aryl methyl sites for hydroxylation is 1. The van der Waals surface area contributed by atoms with Crippen LogP contribution in [0.4, 0.5) is 0 Å². The summed E-state index contributed by atoms with van der Waals surface area (Å²) in [6.07, 6.45) is 1.56. The van der Waals surface area contributed by atoms with Gasteiger partial charge in [-0.25, -0.2) is 9.78 Å². The Balaban J connectivity index is 2.72. The van der Waals surface area contributed by atoms with E-state index in [4.69, 9.17) is 9.84 Å². The van der Waals surface area contributed by atoms with Crippen LogP contribution in [0.2, 0.25) is 0 Å². The van der Waals surface area contributed by atoms with Crippen LogP contribution in [0.5, 0.6) is 5.88 Å². The lowest BCUT2D eigenvalue weighted by molar-refractivity contribution is -0.139. The highest BCUT2D eigenvalue weighted by atomic mass is 79.9. The van der Waals surface area contributed by atoms with Crippen molar-refractivity contribution in [2.45, 2.75) is 6.92 Å². The number of carbonyl (C=O) groups is 1. The van der Waals surface area contributed by atoms with E-state index in [-0.39, 0.29) is 6.61 Å². The normalized spacial score (nSPS) is 9.69. The number of rotatable bonds is 3. The third-order valence-electron chi connectivity index (χ3n) is 1.33. The molecule has 0 aromatic carbocycles. The van der Waals surface area contributed by atoms with Gasteiger partial charge in [0.2, 0.25) is 5.88 Å². The lowest BCUT2D eigenvalue weighted by Crippen LogP contribution is -2.10. The van der Waals surface area contributed by atoms with Crippen LogP contribution in [-0.2, 0) is 4.79 Å². The number of ether oxygens (including phenoxy) is 1. The van der Waals surface area contributed by atoms with Gasteiger partial charge in [-0.05, 0) is 28.9 Å². The van der Waals surface area contributed by atoms with Crippen molar-refractivity contribution in [1.29, 1.82) is 0 Å². The summed E-state index contributed by atoms with van der Waals surface area (Å²) in [5.74, 6) is -0.658. The molecule has 0 aliphatic heterocycles. The summed E-state index contributed by atoms with van der Waals surface area (Å²) in [5, 5.41) is 8.36. The largest absolute Gasteiger partial charge is 0.479 e. The molecule has 0 aliphatic carbocycles. The Morgan fingerprint density at radius 2 is 2.46 bits per heavy atom. The molecule has 0 amide bonds. The number of carboxylic acid groups (broad SMARTS) is 1. The van der Waals surface area contributed by atoms with E-state index in [9.17, 15) is 4.79 Å². The number of hydrogen-bond donors (Lipinski definition) is 1. The van der Waals surface area contributed by atoms with Gasteiger partial charge >= 0.3 is 5.97 Å². The molecule has 4 nitrogen and oxygen atoms in total. The van der Waals surface area contributed by atoms with Crippen molar-refractivity contribution in [1.82, 2.24) is 4.98 Å². The van der Waals surface area contributed by atoms with Gasteiger partial charge in [0.15, 0.2) is 6.61 Å². The van der Waals surface area contributed by atoms with Crippen molar-refractivity contribution >= 4 is 21.9 Å². The van der Waals surface area contributed by atoms with E-state index >= 15 is 0 Å². The zero-order valence-corrected chi connectivity index (χ0v) is 8.54. The van der Waals surface area contributed by atoms with Crippen LogP contribution >= 0.6 is 15.9 Å². The SMILES string of the molecule is Cc1cc(Br)cnc1OCC(=O)O. The van der Waals surface area contributed by atoms with Gasteiger partial charge in [0, 0.05) is 16.2 Å². The van der Waals surface area contributed by atoms with E-state index in [1.807, 2.05) is 6.07 Å². The molecule has 0 fully saturated rings. The number of hydrogen-bond acceptors (Lipinski definition) is 3. The molecular weight excluding hydrogens is 238 g/mol. The second kappa shape index (κ2) is 4.23. The maximum Gasteiger partial charge on any atom is 0.341 e. The minimum Gasteiger partial charge on any atom is -0.479 e. The molecule has 0 unspecified atom stereocenters.